The lowest BCUT2D eigenvalue weighted by molar-refractivity contribution is 0.254. The third-order valence-corrected chi connectivity index (χ3v) is 3.94. The van der Waals surface area contributed by atoms with Crippen molar-refractivity contribution in [2.75, 3.05) is 10.7 Å². The van der Waals surface area contributed by atoms with Crippen LogP contribution in [0, 0.1) is 11.8 Å². The molecule has 1 aliphatic carbocycles. The topological polar surface area (TPSA) is 63.0 Å². The van der Waals surface area contributed by atoms with Crippen molar-refractivity contribution in [1.29, 1.82) is 0 Å². The number of nitrogens with two attached hydrogens (primary N) is 1. The molecule has 1 aromatic rings. The molecule has 1 aromatic heterocycles. The summed E-state index contributed by atoms with van der Waals surface area (Å²) < 4.78 is 0. The predicted octanol–water partition coefficient (Wildman–Crippen LogP) is 2.99. The summed E-state index contributed by atoms with van der Waals surface area (Å²) in [7, 11) is 0. The molecule has 0 radical (unpaired) electrons. The Morgan fingerprint density at radius 1 is 1.33 bits per heavy atom. The average molecular weight is 248 g/mol. The van der Waals surface area contributed by atoms with Crippen molar-refractivity contribution >= 4 is 11.5 Å². The van der Waals surface area contributed by atoms with Crippen LogP contribution in [0.4, 0.5) is 11.5 Å². The Morgan fingerprint density at radius 2 is 2.11 bits per heavy atom. The number of hydrogen-bond donors (Lipinski definition) is 3. The fraction of sp³-hybridized carbons (Fsp3) is 0.643. The zero-order valence-electron chi connectivity index (χ0n) is 11.3. The maximum atomic E-state index is 5.39. The van der Waals surface area contributed by atoms with E-state index in [4.69, 9.17) is 5.84 Å². The van der Waals surface area contributed by atoms with Gasteiger partial charge in [0.05, 0.1) is 0 Å². The molecule has 100 valence electrons. The third kappa shape index (κ3) is 3.13. The van der Waals surface area contributed by atoms with Crippen molar-refractivity contribution in [3.8, 4) is 0 Å². The predicted molar refractivity (Wildman–Crippen MR) is 76.3 cm³/mol. The second kappa shape index (κ2) is 6.05. The molecular formula is C14H24N4. The Hall–Kier alpha value is -1.29. The summed E-state index contributed by atoms with van der Waals surface area (Å²) in [6.45, 7) is 4.65. The molecule has 2 rings (SSSR count). The lowest BCUT2D eigenvalue weighted by atomic mass is 9.78. The van der Waals surface area contributed by atoms with Gasteiger partial charge in [-0.25, -0.2) is 10.8 Å². The molecule has 0 amide bonds. The van der Waals surface area contributed by atoms with Crippen LogP contribution in [0.5, 0.6) is 0 Å². The smallest absolute Gasteiger partial charge is 0.141 e. The van der Waals surface area contributed by atoms with E-state index in [-0.39, 0.29) is 0 Å². The molecule has 2 atom stereocenters. The Kier molecular flexibility index (Phi) is 4.42. The van der Waals surface area contributed by atoms with Gasteiger partial charge in [0.2, 0.25) is 0 Å². The SMILES string of the molecule is CC(C)C1CCCCC1Nc1ccnc(NN)c1. The Morgan fingerprint density at radius 3 is 2.83 bits per heavy atom. The van der Waals surface area contributed by atoms with Crippen LogP contribution >= 0.6 is 0 Å². The van der Waals surface area contributed by atoms with Gasteiger partial charge in [0.15, 0.2) is 0 Å². The standard InChI is InChI=1S/C14H24N4/c1-10(2)12-5-3-4-6-13(12)17-11-7-8-16-14(9-11)18-15/h7-10,12-13H,3-6,15H2,1-2H3,(H2,16,17,18). The first kappa shape index (κ1) is 13.1. The lowest BCUT2D eigenvalue weighted by Gasteiger charge is -2.35. The molecule has 0 spiro atoms. The highest BCUT2D eigenvalue weighted by atomic mass is 15.2. The maximum absolute atomic E-state index is 5.39. The second-order valence-corrected chi connectivity index (χ2v) is 5.52. The van der Waals surface area contributed by atoms with Crippen molar-refractivity contribution in [1.82, 2.24) is 4.98 Å². The van der Waals surface area contributed by atoms with E-state index in [0.29, 0.717) is 11.9 Å². The van der Waals surface area contributed by atoms with Crippen molar-refractivity contribution in [2.45, 2.75) is 45.6 Å². The molecule has 4 heteroatoms. The largest absolute Gasteiger partial charge is 0.382 e. The van der Waals surface area contributed by atoms with Gasteiger partial charge >= 0.3 is 0 Å². The number of nitrogen functional groups attached to an aromatic ring is 1. The van der Waals surface area contributed by atoms with Crippen LogP contribution < -0.4 is 16.6 Å². The molecule has 1 fully saturated rings. The molecule has 1 saturated carbocycles. The van der Waals surface area contributed by atoms with Crippen molar-refractivity contribution < 1.29 is 0 Å². The summed E-state index contributed by atoms with van der Waals surface area (Å²) in [6.07, 6.45) is 7.07. The fourth-order valence-corrected chi connectivity index (χ4v) is 2.95. The van der Waals surface area contributed by atoms with Crippen LogP contribution in [-0.2, 0) is 0 Å². The molecule has 0 aliphatic heterocycles. The number of hydrazine groups is 1. The van der Waals surface area contributed by atoms with Gasteiger partial charge in [-0.1, -0.05) is 26.7 Å². The van der Waals surface area contributed by atoms with Crippen molar-refractivity contribution in [2.24, 2.45) is 17.7 Å². The number of hydrogen-bond acceptors (Lipinski definition) is 4. The van der Waals surface area contributed by atoms with E-state index >= 15 is 0 Å². The summed E-state index contributed by atoms with van der Waals surface area (Å²) >= 11 is 0. The van der Waals surface area contributed by atoms with Gasteiger partial charge in [-0.3, -0.25) is 0 Å². The number of nitrogens with zero attached hydrogens (tertiary/aromatic N) is 1. The van der Waals surface area contributed by atoms with E-state index in [9.17, 15) is 0 Å². The zero-order valence-corrected chi connectivity index (χ0v) is 11.3. The molecule has 18 heavy (non-hydrogen) atoms. The highest BCUT2D eigenvalue weighted by Crippen LogP contribution is 2.32. The van der Waals surface area contributed by atoms with Crippen LogP contribution in [0.15, 0.2) is 18.3 Å². The maximum Gasteiger partial charge on any atom is 0.141 e. The summed E-state index contributed by atoms with van der Waals surface area (Å²) in [6, 6.07) is 4.55. The van der Waals surface area contributed by atoms with Crippen LogP contribution in [0.3, 0.4) is 0 Å². The lowest BCUT2D eigenvalue weighted by Crippen LogP contribution is -2.35. The highest BCUT2D eigenvalue weighted by molar-refractivity contribution is 5.51. The molecule has 0 aromatic carbocycles. The van der Waals surface area contributed by atoms with E-state index in [2.05, 4.69) is 29.6 Å². The summed E-state index contributed by atoms with van der Waals surface area (Å²) in [5, 5.41) is 3.65. The first-order valence-corrected chi connectivity index (χ1v) is 6.90. The Balaban J connectivity index is 2.05. The highest BCUT2D eigenvalue weighted by Gasteiger charge is 2.27. The van der Waals surface area contributed by atoms with Crippen LogP contribution in [-0.4, -0.2) is 11.0 Å². The number of nitrogens with one attached hydrogen (secondary N) is 2. The van der Waals surface area contributed by atoms with Gasteiger partial charge in [-0.15, -0.1) is 0 Å². The van der Waals surface area contributed by atoms with E-state index in [1.165, 1.54) is 25.7 Å². The average Bonchev–Trinajstić information content (AvgIpc) is 2.39. The monoisotopic (exact) mass is 248 g/mol. The zero-order chi connectivity index (χ0) is 13.0. The normalized spacial score (nSPS) is 24.0. The van der Waals surface area contributed by atoms with E-state index < -0.39 is 0 Å². The van der Waals surface area contributed by atoms with Crippen LogP contribution in [0.2, 0.25) is 0 Å². The molecule has 1 aliphatic rings. The number of anilines is 2. The van der Waals surface area contributed by atoms with Gasteiger partial charge < -0.3 is 10.7 Å². The number of rotatable bonds is 4. The second-order valence-electron chi connectivity index (χ2n) is 5.52. The number of pyridine rings is 1. The molecule has 1 heterocycles. The van der Waals surface area contributed by atoms with Crippen molar-refractivity contribution in [3.63, 3.8) is 0 Å². The van der Waals surface area contributed by atoms with Crippen LogP contribution in [0.1, 0.15) is 39.5 Å². The van der Waals surface area contributed by atoms with Gasteiger partial charge in [-0.2, -0.15) is 0 Å². The minimum Gasteiger partial charge on any atom is -0.382 e. The van der Waals surface area contributed by atoms with E-state index in [1.807, 2.05) is 12.1 Å². The molecule has 4 nitrogen and oxygen atoms in total. The minimum absolute atomic E-state index is 0.576. The van der Waals surface area contributed by atoms with E-state index in [0.717, 1.165) is 17.5 Å². The molecule has 0 bridgehead atoms. The molecule has 4 N–H and O–H groups in total. The van der Waals surface area contributed by atoms with Gasteiger partial charge in [0, 0.05) is 24.0 Å². The Labute approximate surface area is 109 Å². The molecule has 2 unspecified atom stereocenters. The first-order chi connectivity index (χ1) is 8.70. The quantitative estimate of drug-likeness (QED) is 0.566. The Bertz CT molecular complexity index is 378. The third-order valence-electron chi connectivity index (χ3n) is 3.94. The fourth-order valence-electron chi connectivity index (χ4n) is 2.95. The van der Waals surface area contributed by atoms with Gasteiger partial charge in [-0.05, 0) is 30.7 Å². The van der Waals surface area contributed by atoms with Gasteiger partial charge in [0.25, 0.3) is 0 Å². The summed E-state index contributed by atoms with van der Waals surface area (Å²) in [5.41, 5.74) is 3.69. The summed E-state index contributed by atoms with van der Waals surface area (Å²) in [5.74, 6) is 7.59. The molecule has 0 saturated heterocycles. The van der Waals surface area contributed by atoms with Crippen LogP contribution in [0.25, 0.3) is 0 Å². The number of aromatic nitrogens is 1. The minimum atomic E-state index is 0.576. The van der Waals surface area contributed by atoms with Crippen molar-refractivity contribution in [3.05, 3.63) is 18.3 Å². The molecular weight excluding hydrogens is 224 g/mol. The van der Waals surface area contributed by atoms with E-state index in [1.54, 1.807) is 6.20 Å². The first-order valence-electron chi connectivity index (χ1n) is 6.90. The van der Waals surface area contributed by atoms with Gasteiger partial charge in [0.1, 0.15) is 5.82 Å². The summed E-state index contributed by atoms with van der Waals surface area (Å²) in [4.78, 5) is 4.13.